The number of hydrogen-bond donors (Lipinski definition) is 6. The van der Waals surface area contributed by atoms with Crippen LogP contribution in [0.1, 0.15) is 97.6 Å². The van der Waals surface area contributed by atoms with Gasteiger partial charge in [-0.25, -0.2) is 23.0 Å². The lowest BCUT2D eigenvalue weighted by molar-refractivity contribution is -0.140. The maximum atomic E-state index is 13.9. The number of carboxylic acid groups (broad SMARTS) is 1. The van der Waals surface area contributed by atoms with Crippen molar-refractivity contribution < 1.29 is 104 Å². The summed E-state index contributed by atoms with van der Waals surface area (Å²) in [5, 5.41) is 19.8. The number of aliphatic imine (C=N–C) groups is 1. The topological polar surface area (TPSA) is 381 Å². The van der Waals surface area contributed by atoms with E-state index >= 15 is 0 Å². The number of nitrogens with two attached hydrogens (primary N) is 1. The molecule has 3 aliphatic heterocycles. The Bertz CT molecular complexity index is 3390. The summed E-state index contributed by atoms with van der Waals surface area (Å²) in [5.74, 6) is -2.34. The molecule has 0 aromatic heterocycles. The zero-order valence-corrected chi connectivity index (χ0v) is 63.1. The van der Waals surface area contributed by atoms with Gasteiger partial charge in [0.25, 0.3) is 0 Å². The van der Waals surface area contributed by atoms with E-state index in [0.29, 0.717) is 197 Å². The molecule has 590 valence electrons. The first kappa shape index (κ1) is 87.2. The number of rotatable bonds is 52. The van der Waals surface area contributed by atoms with E-state index in [1.807, 2.05) is 39.0 Å². The lowest BCUT2D eigenvalue weighted by Gasteiger charge is -2.38. The molecule has 32 heteroatoms. The highest BCUT2D eigenvalue weighted by Gasteiger charge is 2.38. The zero-order valence-electron chi connectivity index (χ0n) is 62.3. The minimum absolute atomic E-state index is 0.0269. The number of fused-ring (bicyclic) bond motifs is 1. The predicted octanol–water partition coefficient (Wildman–Crippen LogP) is 5.93. The molecule has 0 aliphatic carbocycles. The van der Waals surface area contributed by atoms with Gasteiger partial charge in [0.15, 0.2) is 0 Å². The molecule has 0 unspecified atom stereocenters. The summed E-state index contributed by atoms with van der Waals surface area (Å²) in [6, 6.07) is 17.2. The van der Waals surface area contributed by atoms with Crippen LogP contribution in [0.4, 0.5) is 21.0 Å². The van der Waals surface area contributed by atoms with Gasteiger partial charge in [0.05, 0.1) is 156 Å². The molecule has 0 bridgehead atoms. The Labute approximate surface area is 622 Å². The maximum Gasteiger partial charge on any atom is 0.407 e. The highest BCUT2D eigenvalue weighted by molar-refractivity contribution is 7.89. The highest BCUT2D eigenvalue weighted by atomic mass is 32.2. The lowest BCUT2D eigenvalue weighted by Crippen LogP contribution is -2.53. The number of likely N-dealkylation sites (tertiary alicyclic amines) is 1. The summed E-state index contributed by atoms with van der Waals surface area (Å²) in [7, 11) is -3.90. The van der Waals surface area contributed by atoms with Crippen molar-refractivity contribution in [3.05, 3.63) is 83.4 Å². The van der Waals surface area contributed by atoms with Gasteiger partial charge in [0.1, 0.15) is 30.1 Å². The van der Waals surface area contributed by atoms with Crippen LogP contribution in [0.15, 0.2) is 82.2 Å². The number of carbonyl (C=O) groups excluding carboxylic acids is 6. The van der Waals surface area contributed by atoms with Crippen LogP contribution < -0.4 is 27.0 Å². The molecule has 3 aromatic rings. The SMILES string of the molecule is CCCN(CCCNC(=O)OC(C)(C)C)C(=O)C1=Cc2ccc(-c3cccc(S(=O)(=O)N4CC(CNC(=O)OCc5ccc(NC(=O)[C@@H](NC(=O)[C@@H]6CCCN6C(=O)CCOCCOCCOCCOCCOCCOCCOCCOCCOCCOCCC(=O)O)C(C)C)cc5)C4)c3)cc2N=C(N)C1. The van der Waals surface area contributed by atoms with E-state index in [0.717, 1.165) is 6.42 Å². The van der Waals surface area contributed by atoms with E-state index in [2.05, 4.69) is 26.3 Å². The van der Waals surface area contributed by atoms with E-state index in [1.54, 1.807) is 79.1 Å². The molecule has 6 amide bonds. The quantitative estimate of drug-likeness (QED) is 0.0357. The van der Waals surface area contributed by atoms with Crippen molar-refractivity contribution in [3.8, 4) is 11.1 Å². The third kappa shape index (κ3) is 32.8. The number of benzene rings is 3. The molecule has 2 fully saturated rings. The first-order valence-corrected chi connectivity index (χ1v) is 37.9. The van der Waals surface area contributed by atoms with Crippen LogP contribution in [0.5, 0.6) is 0 Å². The molecular formula is C74H111N9O22S. The van der Waals surface area contributed by atoms with Crippen molar-refractivity contribution >= 4 is 75.1 Å². The van der Waals surface area contributed by atoms with E-state index < -0.39 is 57.7 Å². The van der Waals surface area contributed by atoms with Crippen molar-refractivity contribution in [1.29, 1.82) is 0 Å². The molecular weight excluding hydrogens is 1400 g/mol. The number of amides is 6. The van der Waals surface area contributed by atoms with Crippen molar-refractivity contribution in [2.24, 2.45) is 22.6 Å². The number of anilines is 1. The summed E-state index contributed by atoms with van der Waals surface area (Å²) in [6.07, 6.45) is 3.13. The molecule has 6 rings (SSSR count). The summed E-state index contributed by atoms with van der Waals surface area (Å²) < 4.78 is 94.5. The van der Waals surface area contributed by atoms with Gasteiger partial charge in [-0.15, -0.1) is 0 Å². The smallest absolute Gasteiger partial charge is 0.407 e. The van der Waals surface area contributed by atoms with Crippen LogP contribution in [0.2, 0.25) is 0 Å². The molecule has 0 radical (unpaired) electrons. The fourth-order valence-electron chi connectivity index (χ4n) is 11.1. The molecule has 3 heterocycles. The molecule has 106 heavy (non-hydrogen) atoms. The van der Waals surface area contributed by atoms with Crippen LogP contribution in [-0.4, -0.2) is 271 Å². The third-order valence-corrected chi connectivity index (χ3v) is 18.4. The number of sulfonamides is 1. The average molecular weight is 1510 g/mol. The number of nitrogens with zero attached hydrogens (tertiary/aromatic N) is 4. The first-order chi connectivity index (χ1) is 51.0. The third-order valence-electron chi connectivity index (χ3n) is 16.6. The minimum atomic E-state index is -3.90. The Hall–Kier alpha value is -7.73. The van der Waals surface area contributed by atoms with Gasteiger partial charge in [0, 0.05) is 75.0 Å². The average Bonchev–Trinajstić information content (AvgIpc) is 0.828. The predicted molar refractivity (Wildman–Crippen MR) is 394 cm³/mol. The second-order valence-corrected chi connectivity index (χ2v) is 28.6. The van der Waals surface area contributed by atoms with Gasteiger partial charge in [-0.2, -0.15) is 4.31 Å². The van der Waals surface area contributed by atoms with E-state index in [1.165, 1.54) is 10.4 Å². The maximum absolute atomic E-state index is 13.9. The Morgan fingerprint density at radius 2 is 1.23 bits per heavy atom. The number of amidine groups is 1. The molecule has 2 atom stereocenters. The van der Waals surface area contributed by atoms with Gasteiger partial charge >= 0.3 is 18.2 Å². The van der Waals surface area contributed by atoms with E-state index in [9.17, 15) is 42.0 Å². The van der Waals surface area contributed by atoms with Crippen LogP contribution in [0, 0.1) is 11.8 Å². The van der Waals surface area contributed by atoms with Crippen molar-refractivity contribution in [1.82, 2.24) is 30.1 Å². The van der Waals surface area contributed by atoms with Gasteiger partial charge in [0.2, 0.25) is 33.7 Å². The van der Waals surface area contributed by atoms with Crippen molar-refractivity contribution in [2.75, 3.05) is 183 Å². The summed E-state index contributed by atoms with van der Waals surface area (Å²) >= 11 is 0. The van der Waals surface area contributed by atoms with Gasteiger partial charge < -0.3 is 98.7 Å². The van der Waals surface area contributed by atoms with Crippen LogP contribution >= 0.6 is 0 Å². The van der Waals surface area contributed by atoms with Crippen LogP contribution in [0.25, 0.3) is 17.2 Å². The lowest BCUT2D eigenvalue weighted by atomic mass is 10.0. The Balaban J connectivity index is 0.778. The summed E-state index contributed by atoms with van der Waals surface area (Å²) in [5.41, 5.74) is 9.90. The molecule has 0 spiro atoms. The Morgan fingerprint density at radius 3 is 1.76 bits per heavy atom. The molecule has 3 aromatic carbocycles. The highest BCUT2D eigenvalue weighted by Crippen LogP contribution is 2.34. The molecule has 3 aliphatic rings. The number of aliphatic carboxylic acids is 1. The fraction of sp³-hybridized carbons (Fsp3) is 0.622. The molecule has 2 saturated heterocycles. The Morgan fingerprint density at radius 1 is 0.679 bits per heavy atom. The van der Waals surface area contributed by atoms with E-state index in [-0.39, 0.29) is 99.7 Å². The standard InChI is InChI=1S/C74H111N9O22S/c1-7-23-81(24-10-22-76-73(91)105-74(4,5)6)71(89)60-46-59-17-16-58(48-63(59)79-65(75)49-60)57-11-8-12-62(47-57)106(92,93)82-51-56(52-82)50-77-72(90)104-53-55-14-18-61(19-15-55)78-70(88)68(54(2)3)80-69(87)64-13-9-25-83(64)66(84)20-26-94-28-30-96-32-34-98-36-38-100-40-42-102-44-45-103-43-41-101-39-37-99-35-33-97-31-29-95-27-21-67(85)86/h8,11-12,14-19,46-48,54,56,64,68H,7,9-10,13,20-45,49-53H2,1-6H3,(H2,75,79)(H,76,91)(H,77,90)(H,78,88)(H,80,87)(H,85,86)/t64-,68-/m0/s1. The van der Waals surface area contributed by atoms with Gasteiger partial charge in [-0.3, -0.25) is 24.0 Å². The number of alkyl carbamates (subject to hydrolysis) is 2. The van der Waals surface area contributed by atoms with E-state index in [4.69, 9.17) is 67.7 Å². The number of ether oxygens (including phenoxy) is 12. The number of carbonyl (C=O) groups is 7. The number of carboxylic acids is 1. The number of nitrogens with one attached hydrogen (secondary N) is 4. The zero-order chi connectivity index (χ0) is 76.5. The normalized spacial score (nSPS) is 15.0. The van der Waals surface area contributed by atoms with Crippen LogP contribution in [0.3, 0.4) is 0 Å². The summed E-state index contributed by atoms with van der Waals surface area (Å²) in [6.45, 7) is 20.6. The monoisotopic (exact) mass is 1510 g/mol. The van der Waals surface area contributed by atoms with Crippen molar-refractivity contribution in [2.45, 2.75) is 116 Å². The fourth-order valence-corrected chi connectivity index (χ4v) is 12.7. The number of hydrogen-bond acceptors (Lipinski definition) is 23. The summed E-state index contributed by atoms with van der Waals surface area (Å²) in [4.78, 5) is 97.8. The Kier molecular flexibility index (Phi) is 39.3. The molecule has 0 saturated carbocycles. The minimum Gasteiger partial charge on any atom is -0.481 e. The molecule has 7 N–H and O–H groups in total. The second kappa shape index (κ2) is 47.8. The largest absolute Gasteiger partial charge is 0.481 e. The van der Waals surface area contributed by atoms with Gasteiger partial charge in [-0.05, 0) is 105 Å². The molecule has 31 nitrogen and oxygen atoms in total. The van der Waals surface area contributed by atoms with Crippen LogP contribution in [-0.2, 0) is 97.4 Å². The van der Waals surface area contributed by atoms with Crippen molar-refractivity contribution in [3.63, 3.8) is 0 Å². The first-order valence-electron chi connectivity index (χ1n) is 36.4. The van der Waals surface area contributed by atoms with Gasteiger partial charge in [-0.1, -0.05) is 57.2 Å². The second-order valence-electron chi connectivity index (χ2n) is 26.6.